The van der Waals surface area contributed by atoms with Crippen LogP contribution in [0.3, 0.4) is 0 Å². The summed E-state index contributed by atoms with van der Waals surface area (Å²) in [4.78, 5) is 29.7. The van der Waals surface area contributed by atoms with E-state index in [0.29, 0.717) is 28.2 Å². The van der Waals surface area contributed by atoms with Crippen LogP contribution in [0.15, 0.2) is 58.5 Å². The lowest BCUT2D eigenvalue weighted by atomic mass is 10.1. The summed E-state index contributed by atoms with van der Waals surface area (Å²) in [7, 11) is 0. The first-order chi connectivity index (χ1) is 12.6. The Morgan fingerprint density at radius 3 is 2.77 bits per heavy atom. The van der Waals surface area contributed by atoms with Crippen LogP contribution in [-0.2, 0) is 6.54 Å². The summed E-state index contributed by atoms with van der Waals surface area (Å²) in [5.41, 5.74) is 0.844. The van der Waals surface area contributed by atoms with Crippen molar-refractivity contribution in [1.82, 2.24) is 9.55 Å². The number of thioether (sulfide) groups is 1. The second-order valence-electron chi connectivity index (χ2n) is 5.94. The molecule has 0 fully saturated rings. The van der Waals surface area contributed by atoms with Crippen LogP contribution in [0.25, 0.3) is 10.9 Å². The number of hydrogen-bond acceptors (Lipinski definition) is 4. The molecule has 3 rings (SSSR count). The lowest BCUT2D eigenvalue weighted by molar-refractivity contribution is 0.102. The van der Waals surface area contributed by atoms with Crippen LogP contribution in [0.2, 0.25) is 0 Å². The van der Waals surface area contributed by atoms with E-state index in [1.807, 2.05) is 12.1 Å². The Morgan fingerprint density at radius 1 is 1.19 bits per heavy atom. The lowest BCUT2D eigenvalue weighted by Gasteiger charge is -2.12. The molecule has 6 heteroatoms. The van der Waals surface area contributed by atoms with E-state index >= 15 is 0 Å². The number of benzene rings is 2. The van der Waals surface area contributed by atoms with Crippen LogP contribution >= 0.6 is 11.8 Å². The molecule has 2 aromatic carbocycles. The summed E-state index contributed by atoms with van der Waals surface area (Å²) in [6.45, 7) is 2.61. The lowest BCUT2D eigenvalue weighted by Crippen LogP contribution is -2.24. The van der Waals surface area contributed by atoms with Gasteiger partial charge in [0.25, 0.3) is 5.56 Å². The van der Waals surface area contributed by atoms with Crippen molar-refractivity contribution in [3.8, 4) is 0 Å². The molecule has 1 heterocycles. The maximum Gasteiger partial charge on any atom is 0.262 e. The van der Waals surface area contributed by atoms with E-state index in [2.05, 4.69) is 11.9 Å². The van der Waals surface area contributed by atoms with Gasteiger partial charge in [-0.3, -0.25) is 14.2 Å². The second kappa shape index (κ2) is 8.27. The van der Waals surface area contributed by atoms with Gasteiger partial charge in [0.2, 0.25) is 0 Å². The molecule has 0 aliphatic rings. The molecule has 0 amide bonds. The molecule has 0 atom stereocenters. The third-order valence-electron chi connectivity index (χ3n) is 4.04. The molecule has 0 radical (unpaired) electrons. The number of halogens is 1. The maximum atomic E-state index is 13.3. The predicted octanol–water partition coefficient (Wildman–Crippen LogP) is 4.31. The zero-order valence-electron chi connectivity index (χ0n) is 14.4. The van der Waals surface area contributed by atoms with E-state index in [0.717, 1.165) is 12.8 Å². The van der Waals surface area contributed by atoms with Gasteiger partial charge < -0.3 is 0 Å². The zero-order valence-corrected chi connectivity index (χ0v) is 15.3. The largest absolute Gasteiger partial charge is 0.293 e. The molecular weight excluding hydrogens is 351 g/mol. The van der Waals surface area contributed by atoms with E-state index in [4.69, 9.17) is 0 Å². The average Bonchev–Trinajstić information content (AvgIpc) is 2.65. The molecule has 1 aromatic heterocycles. The van der Waals surface area contributed by atoms with Crippen LogP contribution in [0.4, 0.5) is 4.39 Å². The highest BCUT2D eigenvalue weighted by Gasteiger charge is 2.14. The van der Waals surface area contributed by atoms with Crippen molar-refractivity contribution in [2.75, 3.05) is 5.75 Å². The van der Waals surface area contributed by atoms with Gasteiger partial charge in [-0.05, 0) is 30.7 Å². The van der Waals surface area contributed by atoms with Gasteiger partial charge in [-0.15, -0.1) is 0 Å². The van der Waals surface area contributed by atoms with Crippen molar-refractivity contribution >= 4 is 28.4 Å². The van der Waals surface area contributed by atoms with Crippen LogP contribution in [0.1, 0.15) is 30.1 Å². The number of rotatable bonds is 7. The van der Waals surface area contributed by atoms with E-state index in [-0.39, 0.29) is 17.1 Å². The molecule has 0 aliphatic heterocycles. The van der Waals surface area contributed by atoms with Crippen molar-refractivity contribution in [2.45, 2.75) is 31.5 Å². The summed E-state index contributed by atoms with van der Waals surface area (Å²) in [6.07, 6.45) is 1.80. The Kier molecular flexibility index (Phi) is 5.83. The molecule has 0 aliphatic carbocycles. The van der Waals surface area contributed by atoms with Gasteiger partial charge in [0.15, 0.2) is 10.9 Å². The molecular formula is C20H19FN2O2S. The first-order valence-electron chi connectivity index (χ1n) is 8.51. The van der Waals surface area contributed by atoms with Crippen LogP contribution < -0.4 is 5.56 Å². The van der Waals surface area contributed by atoms with Gasteiger partial charge >= 0.3 is 0 Å². The van der Waals surface area contributed by atoms with Crippen LogP contribution in [0.5, 0.6) is 0 Å². The Hall–Kier alpha value is -2.47. The van der Waals surface area contributed by atoms with Crippen molar-refractivity contribution in [3.05, 3.63) is 70.3 Å². The molecule has 134 valence electrons. The van der Waals surface area contributed by atoms with Gasteiger partial charge in [-0.1, -0.05) is 49.4 Å². The smallest absolute Gasteiger partial charge is 0.262 e. The first-order valence-corrected chi connectivity index (χ1v) is 9.50. The van der Waals surface area contributed by atoms with Crippen molar-refractivity contribution in [1.29, 1.82) is 0 Å². The SMILES string of the molecule is CCCCn1c(SCC(=O)c2cccc(F)c2)nc2ccccc2c1=O. The monoisotopic (exact) mass is 370 g/mol. The fraction of sp³-hybridized carbons (Fsp3) is 0.250. The average molecular weight is 370 g/mol. The van der Waals surface area contributed by atoms with Gasteiger partial charge in [0, 0.05) is 12.1 Å². The van der Waals surface area contributed by atoms with Gasteiger partial charge in [-0.25, -0.2) is 9.37 Å². The number of Topliss-reactive ketones (excluding diaryl/α,β-unsaturated/α-hetero) is 1. The fourth-order valence-corrected chi connectivity index (χ4v) is 3.57. The number of carbonyl (C=O) groups is 1. The topological polar surface area (TPSA) is 52.0 Å². The zero-order chi connectivity index (χ0) is 18.5. The molecule has 26 heavy (non-hydrogen) atoms. The predicted molar refractivity (Wildman–Crippen MR) is 102 cm³/mol. The van der Waals surface area contributed by atoms with E-state index < -0.39 is 5.82 Å². The van der Waals surface area contributed by atoms with Crippen LogP contribution in [0, 0.1) is 5.82 Å². The quantitative estimate of drug-likeness (QED) is 0.353. The summed E-state index contributed by atoms with van der Waals surface area (Å²) in [5.74, 6) is -0.538. The second-order valence-corrected chi connectivity index (χ2v) is 6.89. The summed E-state index contributed by atoms with van der Waals surface area (Å²) < 4.78 is 14.9. The Balaban J connectivity index is 1.90. The van der Waals surface area contributed by atoms with E-state index in [1.165, 1.54) is 30.0 Å². The minimum absolute atomic E-state index is 0.0928. The number of aromatic nitrogens is 2. The number of fused-ring (bicyclic) bond motifs is 1. The number of hydrogen-bond donors (Lipinski definition) is 0. The molecule has 0 spiro atoms. The molecule has 0 saturated carbocycles. The highest BCUT2D eigenvalue weighted by Crippen LogP contribution is 2.20. The Bertz CT molecular complexity index is 1000. The minimum atomic E-state index is -0.440. The minimum Gasteiger partial charge on any atom is -0.293 e. The Labute approximate surface area is 155 Å². The summed E-state index contributed by atoms with van der Waals surface area (Å²) in [6, 6.07) is 12.8. The molecule has 0 bridgehead atoms. The highest BCUT2D eigenvalue weighted by atomic mass is 32.2. The molecule has 0 saturated heterocycles. The molecule has 0 unspecified atom stereocenters. The van der Waals surface area contributed by atoms with Crippen molar-refractivity contribution in [3.63, 3.8) is 0 Å². The number of carbonyl (C=O) groups excluding carboxylic acids is 1. The van der Waals surface area contributed by atoms with E-state index in [1.54, 1.807) is 22.8 Å². The normalized spacial score (nSPS) is 11.0. The standard InChI is InChI=1S/C20H19FN2O2S/c1-2-3-11-23-19(25)16-9-4-5-10-17(16)22-20(23)26-13-18(24)14-7-6-8-15(21)12-14/h4-10,12H,2-3,11,13H2,1H3. The summed E-state index contributed by atoms with van der Waals surface area (Å²) in [5, 5.41) is 1.09. The number of ketones is 1. The third kappa shape index (κ3) is 4.02. The molecule has 0 N–H and O–H groups in total. The number of nitrogens with zero attached hydrogens (tertiary/aromatic N) is 2. The molecule has 4 nitrogen and oxygen atoms in total. The third-order valence-corrected chi connectivity index (χ3v) is 5.02. The van der Waals surface area contributed by atoms with Gasteiger partial charge in [0.1, 0.15) is 5.82 Å². The maximum absolute atomic E-state index is 13.3. The van der Waals surface area contributed by atoms with Crippen molar-refractivity contribution < 1.29 is 9.18 Å². The Morgan fingerprint density at radius 2 is 2.00 bits per heavy atom. The molecule has 3 aromatic rings. The number of para-hydroxylation sites is 1. The van der Waals surface area contributed by atoms with Gasteiger partial charge in [-0.2, -0.15) is 0 Å². The van der Waals surface area contributed by atoms with Gasteiger partial charge in [0.05, 0.1) is 16.7 Å². The fourth-order valence-electron chi connectivity index (χ4n) is 2.65. The first kappa shape index (κ1) is 18.3. The van der Waals surface area contributed by atoms with E-state index in [9.17, 15) is 14.0 Å². The van der Waals surface area contributed by atoms with Crippen LogP contribution in [-0.4, -0.2) is 21.1 Å². The highest BCUT2D eigenvalue weighted by molar-refractivity contribution is 7.99. The summed E-state index contributed by atoms with van der Waals surface area (Å²) >= 11 is 1.22. The number of unbranched alkanes of at least 4 members (excludes halogenated alkanes) is 1. The van der Waals surface area contributed by atoms with Crippen molar-refractivity contribution in [2.24, 2.45) is 0 Å².